The van der Waals surface area contributed by atoms with Gasteiger partial charge in [-0.3, -0.25) is 4.90 Å². The van der Waals surface area contributed by atoms with Gasteiger partial charge in [-0.2, -0.15) is 13.2 Å². The third kappa shape index (κ3) is 6.17. The van der Waals surface area contributed by atoms with Crippen LogP contribution in [0.2, 0.25) is 5.02 Å². The average molecular weight is 526 g/mol. The second kappa shape index (κ2) is 10.5. The highest BCUT2D eigenvalue weighted by Gasteiger charge is 2.29. The summed E-state index contributed by atoms with van der Waals surface area (Å²) in [6.45, 7) is 5.83. The number of piperidine rings is 1. The SMILES string of the molecule is FC(F)(F)Cc1cc2c(NC3CCN(Cc4ccc(N5CCOCC5)cc4Cl)CC3)ncnc2s1. The summed E-state index contributed by atoms with van der Waals surface area (Å²) in [7, 11) is 0. The first-order valence-electron chi connectivity index (χ1n) is 11.7. The molecule has 188 valence electrons. The molecule has 0 amide bonds. The molecule has 4 heterocycles. The summed E-state index contributed by atoms with van der Waals surface area (Å²) < 4.78 is 43.8. The largest absolute Gasteiger partial charge is 0.393 e. The highest BCUT2D eigenvalue weighted by molar-refractivity contribution is 7.18. The van der Waals surface area contributed by atoms with E-state index in [0.29, 0.717) is 16.0 Å². The molecular formula is C24H27ClF3N5OS. The molecule has 5 rings (SSSR count). The molecular weight excluding hydrogens is 499 g/mol. The van der Waals surface area contributed by atoms with E-state index in [1.165, 1.54) is 6.33 Å². The van der Waals surface area contributed by atoms with Crippen LogP contribution in [0, 0.1) is 0 Å². The van der Waals surface area contributed by atoms with Gasteiger partial charge in [0.2, 0.25) is 0 Å². The predicted molar refractivity (Wildman–Crippen MR) is 134 cm³/mol. The number of rotatable bonds is 6. The second-order valence-electron chi connectivity index (χ2n) is 9.02. The number of benzene rings is 1. The highest BCUT2D eigenvalue weighted by Crippen LogP contribution is 2.33. The minimum absolute atomic E-state index is 0.203. The summed E-state index contributed by atoms with van der Waals surface area (Å²) in [6, 6.07) is 8.06. The van der Waals surface area contributed by atoms with Crippen LogP contribution in [0.3, 0.4) is 0 Å². The van der Waals surface area contributed by atoms with Gasteiger partial charge >= 0.3 is 6.18 Å². The lowest BCUT2D eigenvalue weighted by Crippen LogP contribution is -2.39. The molecule has 11 heteroatoms. The van der Waals surface area contributed by atoms with Crippen molar-refractivity contribution < 1.29 is 17.9 Å². The molecule has 6 nitrogen and oxygen atoms in total. The number of alkyl halides is 3. The van der Waals surface area contributed by atoms with Crippen LogP contribution in [-0.2, 0) is 17.7 Å². The van der Waals surface area contributed by atoms with Gasteiger partial charge in [-0.05, 0) is 36.6 Å². The van der Waals surface area contributed by atoms with Gasteiger partial charge < -0.3 is 15.0 Å². The van der Waals surface area contributed by atoms with E-state index in [-0.39, 0.29) is 10.9 Å². The standard InChI is InChI=1S/C24H27ClF3N5OS/c25-21-11-18(33-7-9-34-10-8-33)2-1-16(21)14-32-5-3-17(4-6-32)31-22-20-12-19(13-24(26,27)28)35-23(20)30-15-29-22/h1-2,11-12,15,17H,3-10,13-14H2,(H,29,30,31). The Bertz CT molecular complexity index is 1160. The molecule has 2 aliphatic heterocycles. The van der Waals surface area contributed by atoms with E-state index in [1.54, 1.807) is 6.07 Å². The number of hydrogen-bond acceptors (Lipinski definition) is 7. The maximum atomic E-state index is 12.8. The Morgan fingerprint density at radius 2 is 1.86 bits per heavy atom. The molecule has 2 aliphatic rings. The fourth-order valence-corrected chi connectivity index (χ4v) is 5.92. The number of hydrogen-bond donors (Lipinski definition) is 1. The van der Waals surface area contributed by atoms with Gasteiger partial charge in [-0.1, -0.05) is 17.7 Å². The van der Waals surface area contributed by atoms with Crippen molar-refractivity contribution in [3.8, 4) is 0 Å². The maximum absolute atomic E-state index is 12.8. The number of anilines is 2. The number of thiophene rings is 1. The number of nitrogens with one attached hydrogen (secondary N) is 1. The van der Waals surface area contributed by atoms with Crippen molar-refractivity contribution in [3.63, 3.8) is 0 Å². The van der Waals surface area contributed by atoms with E-state index >= 15 is 0 Å². The van der Waals surface area contributed by atoms with Gasteiger partial charge in [-0.15, -0.1) is 11.3 Å². The van der Waals surface area contributed by atoms with E-state index in [0.717, 1.165) is 86.4 Å². The number of halogens is 4. The van der Waals surface area contributed by atoms with E-state index < -0.39 is 12.6 Å². The number of likely N-dealkylation sites (tertiary alicyclic amines) is 1. The molecule has 2 saturated heterocycles. The molecule has 0 spiro atoms. The molecule has 0 saturated carbocycles. The van der Waals surface area contributed by atoms with Crippen LogP contribution < -0.4 is 10.2 Å². The third-order valence-corrected chi connectivity index (χ3v) is 7.89. The lowest BCUT2D eigenvalue weighted by atomic mass is 10.0. The summed E-state index contributed by atoms with van der Waals surface area (Å²) in [5.74, 6) is 0.611. The number of aromatic nitrogens is 2. The van der Waals surface area contributed by atoms with E-state index in [1.807, 2.05) is 6.07 Å². The van der Waals surface area contributed by atoms with E-state index in [9.17, 15) is 13.2 Å². The molecule has 35 heavy (non-hydrogen) atoms. The van der Waals surface area contributed by atoms with Crippen LogP contribution >= 0.6 is 22.9 Å². The zero-order valence-electron chi connectivity index (χ0n) is 19.2. The molecule has 0 radical (unpaired) electrons. The van der Waals surface area contributed by atoms with E-state index in [2.05, 4.69) is 37.2 Å². The van der Waals surface area contributed by atoms with Crippen molar-refractivity contribution in [2.24, 2.45) is 0 Å². The molecule has 1 aromatic carbocycles. The van der Waals surface area contributed by atoms with Crippen molar-refractivity contribution in [2.45, 2.75) is 38.0 Å². The lowest BCUT2D eigenvalue weighted by Gasteiger charge is -2.33. The molecule has 0 unspecified atom stereocenters. The van der Waals surface area contributed by atoms with Crippen LogP contribution in [0.15, 0.2) is 30.6 Å². The lowest BCUT2D eigenvalue weighted by molar-refractivity contribution is -0.126. The van der Waals surface area contributed by atoms with Crippen molar-refractivity contribution in [3.05, 3.63) is 46.1 Å². The summed E-state index contributed by atoms with van der Waals surface area (Å²) in [4.78, 5) is 14.0. The number of fused-ring (bicyclic) bond motifs is 1. The Morgan fingerprint density at radius 1 is 1.09 bits per heavy atom. The normalized spacial score (nSPS) is 18.3. The first kappa shape index (κ1) is 24.5. The van der Waals surface area contributed by atoms with Gasteiger partial charge in [-0.25, -0.2) is 9.97 Å². The smallest absolute Gasteiger partial charge is 0.378 e. The number of ether oxygens (including phenoxy) is 1. The van der Waals surface area contributed by atoms with Crippen LogP contribution in [-0.4, -0.2) is 66.5 Å². The maximum Gasteiger partial charge on any atom is 0.393 e. The first-order chi connectivity index (χ1) is 16.8. The molecule has 1 N–H and O–H groups in total. The average Bonchev–Trinajstić information content (AvgIpc) is 3.24. The molecule has 2 fully saturated rings. The van der Waals surface area contributed by atoms with E-state index in [4.69, 9.17) is 16.3 Å². The van der Waals surface area contributed by atoms with Crippen molar-refractivity contribution in [1.82, 2.24) is 14.9 Å². The Hall–Kier alpha value is -2.14. The zero-order valence-corrected chi connectivity index (χ0v) is 20.7. The Balaban J connectivity index is 1.17. The van der Waals surface area contributed by atoms with Crippen LogP contribution in [0.1, 0.15) is 23.3 Å². The minimum atomic E-state index is -4.24. The first-order valence-corrected chi connectivity index (χ1v) is 12.9. The van der Waals surface area contributed by atoms with Gasteiger partial charge in [0.05, 0.1) is 25.0 Å². The monoisotopic (exact) mass is 525 g/mol. The van der Waals surface area contributed by atoms with Crippen LogP contribution in [0.25, 0.3) is 10.2 Å². The van der Waals surface area contributed by atoms with Gasteiger partial charge in [0.1, 0.15) is 17.0 Å². The molecule has 0 atom stereocenters. The van der Waals surface area contributed by atoms with Gasteiger partial charge in [0.25, 0.3) is 0 Å². The fraction of sp³-hybridized carbons (Fsp3) is 0.500. The third-order valence-electron chi connectivity index (χ3n) is 6.49. The summed E-state index contributed by atoms with van der Waals surface area (Å²) in [5, 5.41) is 4.89. The highest BCUT2D eigenvalue weighted by atomic mass is 35.5. The zero-order chi connectivity index (χ0) is 24.4. The van der Waals surface area contributed by atoms with Crippen molar-refractivity contribution in [2.75, 3.05) is 49.6 Å². The Kier molecular flexibility index (Phi) is 7.34. The molecule has 3 aromatic rings. The molecule has 0 aliphatic carbocycles. The van der Waals surface area contributed by atoms with Crippen LogP contribution in [0.5, 0.6) is 0 Å². The Morgan fingerprint density at radius 3 is 2.57 bits per heavy atom. The quantitative estimate of drug-likeness (QED) is 0.467. The molecule has 2 aromatic heterocycles. The second-order valence-corrected chi connectivity index (χ2v) is 10.5. The molecule has 0 bridgehead atoms. The Labute approximate surface area is 211 Å². The topological polar surface area (TPSA) is 53.5 Å². The minimum Gasteiger partial charge on any atom is -0.378 e. The predicted octanol–water partition coefficient (Wildman–Crippen LogP) is 5.36. The summed E-state index contributed by atoms with van der Waals surface area (Å²) in [6.07, 6.45) is -1.94. The van der Waals surface area contributed by atoms with Crippen LogP contribution in [0.4, 0.5) is 24.7 Å². The van der Waals surface area contributed by atoms with Gasteiger partial charge in [0.15, 0.2) is 0 Å². The summed E-state index contributed by atoms with van der Waals surface area (Å²) in [5.41, 5.74) is 2.25. The van der Waals surface area contributed by atoms with Crippen molar-refractivity contribution in [1.29, 1.82) is 0 Å². The number of nitrogens with zero attached hydrogens (tertiary/aromatic N) is 4. The van der Waals surface area contributed by atoms with Gasteiger partial charge in [0, 0.05) is 54.4 Å². The fourth-order valence-electron chi connectivity index (χ4n) is 4.66. The number of morpholine rings is 1. The van der Waals surface area contributed by atoms with Crippen molar-refractivity contribution >= 4 is 44.7 Å². The summed E-state index contributed by atoms with van der Waals surface area (Å²) >= 11 is 7.69.